The highest BCUT2D eigenvalue weighted by Crippen LogP contribution is 2.14. The SMILES string of the molecule is CC(NCC(O)C(N)=O)c1nccs1. The van der Waals surface area contributed by atoms with Gasteiger partial charge in [0.1, 0.15) is 11.1 Å². The molecule has 0 bridgehead atoms. The Balaban J connectivity index is 2.35. The van der Waals surface area contributed by atoms with Crippen LogP contribution in [0.5, 0.6) is 0 Å². The van der Waals surface area contributed by atoms with Crippen LogP contribution in [0.3, 0.4) is 0 Å². The molecule has 5 nitrogen and oxygen atoms in total. The Morgan fingerprint density at radius 3 is 3.07 bits per heavy atom. The second-order valence-corrected chi connectivity index (χ2v) is 3.84. The number of thiazole rings is 1. The van der Waals surface area contributed by atoms with Gasteiger partial charge in [-0.05, 0) is 6.92 Å². The number of aliphatic hydroxyl groups is 1. The summed E-state index contributed by atoms with van der Waals surface area (Å²) in [4.78, 5) is 14.6. The first-order valence-corrected chi connectivity index (χ1v) is 5.09. The van der Waals surface area contributed by atoms with E-state index < -0.39 is 12.0 Å². The highest BCUT2D eigenvalue weighted by molar-refractivity contribution is 7.09. The number of amides is 1. The number of hydrogen-bond donors (Lipinski definition) is 3. The van der Waals surface area contributed by atoms with Crippen LogP contribution in [0.15, 0.2) is 11.6 Å². The highest BCUT2D eigenvalue weighted by Gasteiger charge is 2.13. The second-order valence-electron chi connectivity index (χ2n) is 2.92. The van der Waals surface area contributed by atoms with E-state index >= 15 is 0 Å². The molecule has 1 aromatic heterocycles. The van der Waals surface area contributed by atoms with Crippen LogP contribution in [0, 0.1) is 0 Å². The average Bonchev–Trinajstić information content (AvgIpc) is 2.66. The Morgan fingerprint density at radius 2 is 2.57 bits per heavy atom. The minimum absolute atomic E-state index is 0.0176. The smallest absolute Gasteiger partial charge is 0.247 e. The first-order chi connectivity index (χ1) is 6.61. The van der Waals surface area contributed by atoms with Gasteiger partial charge < -0.3 is 16.2 Å². The van der Waals surface area contributed by atoms with Crippen molar-refractivity contribution in [3.8, 4) is 0 Å². The topological polar surface area (TPSA) is 88.2 Å². The van der Waals surface area contributed by atoms with Crippen LogP contribution in [0.2, 0.25) is 0 Å². The quantitative estimate of drug-likeness (QED) is 0.626. The Kier molecular flexibility index (Phi) is 3.99. The van der Waals surface area contributed by atoms with Gasteiger partial charge in [-0.25, -0.2) is 4.98 Å². The van der Waals surface area contributed by atoms with Crippen LogP contribution < -0.4 is 11.1 Å². The fourth-order valence-corrected chi connectivity index (χ4v) is 1.59. The largest absolute Gasteiger partial charge is 0.382 e. The number of carbonyl (C=O) groups excluding carboxylic acids is 1. The molecular formula is C8H13N3O2S. The Morgan fingerprint density at radius 1 is 1.86 bits per heavy atom. The minimum atomic E-state index is -1.14. The van der Waals surface area contributed by atoms with Gasteiger partial charge in [0, 0.05) is 18.1 Å². The maximum absolute atomic E-state index is 10.5. The van der Waals surface area contributed by atoms with Crippen molar-refractivity contribution in [3.63, 3.8) is 0 Å². The van der Waals surface area contributed by atoms with Crippen LogP contribution in [0.25, 0.3) is 0 Å². The van der Waals surface area contributed by atoms with Crippen molar-refractivity contribution in [1.29, 1.82) is 0 Å². The molecule has 0 aliphatic heterocycles. The summed E-state index contributed by atoms with van der Waals surface area (Å²) in [5.41, 5.74) is 4.90. The third-order valence-corrected chi connectivity index (χ3v) is 2.73. The van der Waals surface area contributed by atoms with Crippen molar-refractivity contribution in [2.24, 2.45) is 5.73 Å². The third kappa shape index (κ3) is 3.06. The summed E-state index contributed by atoms with van der Waals surface area (Å²) in [5.74, 6) is -0.719. The minimum Gasteiger partial charge on any atom is -0.382 e. The van der Waals surface area contributed by atoms with Crippen LogP contribution in [0.1, 0.15) is 18.0 Å². The maximum Gasteiger partial charge on any atom is 0.247 e. The van der Waals surface area contributed by atoms with Crippen molar-refractivity contribution >= 4 is 17.2 Å². The number of aromatic nitrogens is 1. The van der Waals surface area contributed by atoms with Crippen LogP contribution in [-0.2, 0) is 4.79 Å². The van der Waals surface area contributed by atoms with Crippen LogP contribution in [0.4, 0.5) is 0 Å². The first kappa shape index (κ1) is 11.1. The molecule has 78 valence electrons. The summed E-state index contributed by atoms with van der Waals surface area (Å²) in [6, 6.07) is 0.0176. The summed E-state index contributed by atoms with van der Waals surface area (Å²) in [6.07, 6.45) is 0.570. The molecule has 1 rings (SSSR count). The number of primary amides is 1. The number of nitrogens with zero attached hydrogens (tertiary/aromatic N) is 1. The van der Waals surface area contributed by atoms with E-state index in [0.717, 1.165) is 5.01 Å². The molecule has 2 unspecified atom stereocenters. The maximum atomic E-state index is 10.5. The van der Waals surface area contributed by atoms with Crippen molar-refractivity contribution in [1.82, 2.24) is 10.3 Å². The predicted molar refractivity (Wildman–Crippen MR) is 53.7 cm³/mol. The van der Waals surface area contributed by atoms with Gasteiger partial charge in [0.2, 0.25) is 5.91 Å². The molecule has 6 heteroatoms. The lowest BCUT2D eigenvalue weighted by molar-refractivity contribution is -0.125. The van der Waals surface area contributed by atoms with E-state index in [1.807, 2.05) is 12.3 Å². The number of aliphatic hydroxyl groups excluding tert-OH is 1. The molecule has 0 aliphatic carbocycles. The second kappa shape index (κ2) is 5.04. The standard InChI is InChI=1S/C8H13N3O2S/c1-5(8-10-2-3-14-8)11-4-6(12)7(9)13/h2-3,5-6,11-12H,4H2,1H3,(H2,9,13). The van der Waals surface area contributed by atoms with E-state index in [2.05, 4.69) is 10.3 Å². The molecule has 0 aromatic carbocycles. The molecule has 4 N–H and O–H groups in total. The summed E-state index contributed by atoms with van der Waals surface area (Å²) in [5, 5.41) is 14.9. The molecule has 1 heterocycles. The van der Waals surface area contributed by atoms with Gasteiger partial charge in [0.05, 0.1) is 6.04 Å². The van der Waals surface area contributed by atoms with E-state index in [-0.39, 0.29) is 12.6 Å². The number of carbonyl (C=O) groups is 1. The number of hydrogen-bond acceptors (Lipinski definition) is 5. The van der Waals surface area contributed by atoms with Crippen molar-refractivity contribution in [2.45, 2.75) is 19.1 Å². The number of nitrogens with two attached hydrogens (primary N) is 1. The van der Waals surface area contributed by atoms with Gasteiger partial charge in [-0.15, -0.1) is 11.3 Å². The van der Waals surface area contributed by atoms with Crippen LogP contribution in [-0.4, -0.2) is 28.6 Å². The molecular weight excluding hydrogens is 202 g/mol. The number of nitrogens with one attached hydrogen (secondary N) is 1. The zero-order valence-electron chi connectivity index (χ0n) is 7.80. The summed E-state index contributed by atoms with van der Waals surface area (Å²) < 4.78 is 0. The molecule has 0 spiro atoms. The van der Waals surface area contributed by atoms with Crippen molar-refractivity contribution < 1.29 is 9.90 Å². The van der Waals surface area contributed by atoms with Crippen molar-refractivity contribution in [3.05, 3.63) is 16.6 Å². The molecule has 1 aromatic rings. The molecule has 14 heavy (non-hydrogen) atoms. The van der Waals surface area contributed by atoms with E-state index in [1.54, 1.807) is 6.20 Å². The Bertz CT molecular complexity index is 289. The first-order valence-electron chi connectivity index (χ1n) is 4.21. The summed E-state index contributed by atoms with van der Waals surface area (Å²) >= 11 is 1.52. The molecule has 0 aliphatic rings. The van der Waals surface area contributed by atoms with Crippen molar-refractivity contribution in [2.75, 3.05) is 6.54 Å². The third-order valence-electron chi connectivity index (χ3n) is 1.77. The van der Waals surface area contributed by atoms with E-state index in [1.165, 1.54) is 11.3 Å². The molecule has 0 saturated carbocycles. The Hall–Kier alpha value is -0.980. The molecule has 0 radical (unpaired) electrons. The summed E-state index contributed by atoms with van der Waals surface area (Å²) in [7, 11) is 0. The van der Waals surface area contributed by atoms with Crippen LogP contribution >= 0.6 is 11.3 Å². The lowest BCUT2D eigenvalue weighted by Gasteiger charge is -2.12. The lowest BCUT2D eigenvalue weighted by Crippen LogP contribution is -2.38. The lowest BCUT2D eigenvalue weighted by atomic mass is 10.3. The normalized spacial score (nSPS) is 15.0. The predicted octanol–water partition coefficient (Wildman–Crippen LogP) is -0.360. The zero-order chi connectivity index (χ0) is 10.6. The van der Waals surface area contributed by atoms with Gasteiger partial charge >= 0.3 is 0 Å². The highest BCUT2D eigenvalue weighted by atomic mass is 32.1. The van der Waals surface area contributed by atoms with Gasteiger partial charge in [-0.3, -0.25) is 4.79 Å². The van der Waals surface area contributed by atoms with Gasteiger partial charge in [0.15, 0.2) is 0 Å². The molecule has 0 saturated heterocycles. The van der Waals surface area contributed by atoms with Gasteiger partial charge in [-0.2, -0.15) is 0 Å². The van der Waals surface area contributed by atoms with Gasteiger partial charge in [0.25, 0.3) is 0 Å². The summed E-state index contributed by atoms with van der Waals surface area (Å²) in [6.45, 7) is 2.06. The van der Waals surface area contributed by atoms with E-state index in [9.17, 15) is 4.79 Å². The molecule has 0 fully saturated rings. The fourth-order valence-electron chi connectivity index (χ4n) is 0.925. The van der Waals surface area contributed by atoms with E-state index in [0.29, 0.717) is 0 Å². The monoisotopic (exact) mass is 215 g/mol. The molecule has 2 atom stereocenters. The average molecular weight is 215 g/mol. The van der Waals surface area contributed by atoms with Gasteiger partial charge in [-0.1, -0.05) is 0 Å². The van der Waals surface area contributed by atoms with E-state index in [4.69, 9.17) is 10.8 Å². The Labute approximate surface area is 86.0 Å². The fraction of sp³-hybridized carbons (Fsp3) is 0.500. The number of rotatable bonds is 5. The molecule has 1 amide bonds. The zero-order valence-corrected chi connectivity index (χ0v) is 8.62.